The molecule has 126 valence electrons. The fraction of sp³-hybridized carbons (Fsp3) is 0.375. The van der Waals surface area contributed by atoms with Crippen LogP contribution in [0.3, 0.4) is 0 Å². The van der Waals surface area contributed by atoms with Gasteiger partial charge in [-0.05, 0) is 43.7 Å². The molecule has 0 aliphatic heterocycles. The molecule has 5 nitrogen and oxygen atoms in total. The van der Waals surface area contributed by atoms with Gasteiger partial charge in [-0.15, -0.1) is 23.7 Å². The number of rotatable bonds is 7. The number of hydrogen-bond donors (Lipinski definition) is 2. The van der Waals surface area contributed by atoms with Gasteiger partial charge in [0.25, 0.3) is 5.91 Å². The van der Waals surface area contributed by atoms with E-state index in [2.05, 4.69) is 16.4 Å². The zero-order valence-electron chi connectivity index (χ0n) is 13.3. The third kappa shape index (κ3) is 6.17. The van der Waals surface area contributed by atoms with Crippen LogP contribution in [0.2, 0.25) is 0 Å². The highest BCUT2D eigenvalue weighted by atomic mass is 35.5. The molecule has 0 saturated carbocycles. The molecule has 1 heterocycles. The van der Waals surface area contributed by atoms with Gasteiger partial charge in [0.1, 0.15) is 18.1 Å². The maximum atomic E-state index is 11.9. The molecule has 0 fully saturated rings. The number of carbonyl (C=O) groups excluding carboxylic acids is 1. The lowest BCUT2D eigenvalue weighted by Crippen LogP contribution is -2.28. The van der Waals surface area contributed by atoms with Gasteiger partial charge in [-0.1, -0.05) is 6.07 Å². The molecule has 1 aromatic heterocycles. The summed E-state index contributed by atoms with van der Waals surface area (Å²) in [7, 11) is 0. The fourth-order valence-corrected chi connectivity index (χ4v) is 2.89. The summed E-state index contributed by atoms with van der Waals surface area (Å²) >= 11 is 1.46. The van der Waals surface area contributed by atoms with Crippen molar-refractivity contribution < 1.29 is 9.53 Å². The fourth-order valence-electron chi connectivity index (χ4n) is 2.09. The van der Waals surface area contributed by atoms with E-state index in [-0.39, 0.29) is 18.3 Å². The Hall–Kier alpha value is -1.63. The van der Waals surface area contributed by atoms with E-state index in [0.717, 1.165) is 21.9 Å². The Balaban J connectivity index is 0.00000264. The van der Waals surface area contributed by atoms with Crippen LogP contribution in [0.15, 0.2) is 23.6 Å². The molecule has 0 aliphatic carbocycles. The predicted octanol–water partition coefficient (Wildman–Crippen LogP) is 2.49. The zero-order valence-corrected chi connectivity index (χ0v) is 14.9. The van der Waals surface area contributed by atoms with E-state index in [9.17, 15) is 4.79 Å². The van der Waals surface area contributed by atoms with Crippen molar-refractivity contribution in [2.24, 2.45) is 5.73 Å². The van der Waals surface area contributed by atoms with Crippen LogP contribution >= 0.6 is 23.7 Å². The summed E-state index contributed by atoms with van der Waals surface area (Å²) in [5, 5.41) is 5.45. The first-order valence-electron chi connectivity index (χ1n) is 7.22. The van der Waals surface area contributed by atoms with Gasteiger partial charge < -0.3 is 15.8 Å². The molecule has 0 atom stereocenters. The normalized spacial score (nSPS) is 10.0. The highest BCUT2D eigenvalue weighted by Crippen LogP contribution is 2.15. The molecule has 2 aromatic rings. The van der Waals surface area contributed by atoms with Crippen LogP contribution in [0.25, 0.3) is 0 Å². The Morgan fingerprint density at radius 1 is 1.30 bits per heavy atom. The minimum Gasteiger partial charge on any atom is -0.492 e. The standard InChI is InChI=1S/C16H21N3O2S.ClH/c1-11-7-12(2)9-13(8-11)21-6-5-18-16(20)14-10-22-15(19-14)3-4-17;/h7-10H,3-6,17H2,1-2H3,(H,18,20);1H. The van der Waals surface area contributed by atoms with Gasteiger partial charge in [0, 0.05) is 11.8 Å². The number of nitrogens with two attached hydrogens (primary N) is 1. The molecule has 0 unspecified atom stereocenters. The van der Waals surface area contributed by atoms with Gasteiger partial charge in [-0.2, -0.15) is 0 Å². The van der Waals surface area contributed by atoms with Crippen molar-refractivity contribution in [2.45, 2.75) is 20.3 Å². The van der Waals surface area contributed by atoms with Gasteiger partial charge in [-0.3, -0.25) is 4.79 Å². The largest absolute Gasteiger partial charge is 0.492 e. The molecule has 0 aliphatic rings. The van der Waals surface area contributed by atoms with Crippen molar-refractivity contribution >= 4 is 29.7 Å². The van der Waals surface area contributed by atoms with E-state index in [1.165, 1.54) is 11.3 Å². The Labute approximate surface area is 146 Å². The van der Waals surface area contributed by atoms with Crippen molar-refractivity contribution in [1.29, 1.82) is 0 Å². The maximum Gasteiger partial charge on any atom is 0.270 e. The Morgan fingerprint density at radius 2 is 2.00 bits per heavy atom. The van der Waals surface area contributed by atoms with E-state index in [1.54, 1.807) is 5.38 Å². The Bertz CT molecular complexity index is 626. The maximum absolute atomic E-state index is 11.9. The summed E-state index contributed by atoms with van der Waals surface area (Å²) in [5.74, 6) is 0.647. The second kappa shape index (κ2) is 9.50. The minimum atomic E-state index is -0.177. The number of benzene rings is 1. The van der Waals surface area contributed by atoms with Gasteiger partial charge in [-0.25, -0.2) is 4.98 Å². The number of ether oxygens (including phenoxy) is 1. The van der Waals surface area contributed by atoms with Crippen LogP contribution < -0.4 is 15.8 Å². The molecule has 0 radical (unpaired) electrons. The van der Waals surface area contributed by atoms with Crippen molar-refractivity contribution in [3.05, 3.63) is 45.4 Å². The van der Waals surface area contributed by atoms with Crippen molar-refractivity contribution in [3.8, 4) is 5.75 Å². The molecule has 0 saturated heterocycles. The third-order valence-electron chi connectivity index (χ3n) is 2.99. The number of aromatic nitrogens is 1. The molecule has 2 rings (SSSR count). The number of amides is 1. The number of carbonyl (C=O) groups is 1. The summed E-state index contributed by atoms with van der Waals surface area (Å²) in [4.78, 5) is 16.2. The number of thiazole rings is 1. The average Bonchev–Trinajstić information content (AvgIpc) is 2.91. The Kier molecular flexibility index (Phi) is 8.02. The number of nitrogens with one attached hydrogen (secondary N) is 1. The molecule has 1 amide bonds. The quantitative estimate of drug-likeness (QED) is 0.748. The highest BCUT2D eigenvalue weighted by Gasteiger charge is 2.09. The molecule has 23 heavy (non-hydrogen) atoms. The number of nitrogens with zero attached hydrogens (tertiary/aromatic N) is 1. The first-order chi connectivity index (χ1) is 10.6. The van der Waals surface area contributed by atoms with Gasteiger partial charge >= 0.3 is 0 Å². The Morgan fingerprint density at radius 3 is 2.65 bits per heavy atom. The first-order valence-corrected chi connectivity index (χ1v) is 8.10. The minimum absolute atomic E-state index is 0. The monoisotopic (exact) mass is 355 g/mol. The number of halogens is 1. The number of aryl methyl sites for hydroxylation is 2. The van der Waals surface area contributed by atoms with E-state index in [0.29, 0.717) is 31.8 Å². The predicted molar refractivity (Wildman–Crippen MR) is 95.9 cm³/mol. The van der Waals surface area contributed by atoms with Crippen LogP contribution in [0.1, 0.15) is 26.6 Å². The lowest BCUT2D eigenvalue weighted by molar-refractivity contribution is 0.0942. The lowest BCUT2D eigenvalue weighted by Gasteiger charge is -2.08. The van der Waals surface area contributed by atoms with Crippen LogP contribution in [-0.2, 0) is 6.42 Å². The molecular weight excluding hydrogens is 334 g/mol. The second-order valence-corrected chi connectivity index (χ2v) is 6.04. The van der Waals surface area contributed by atoms with E-state index >= 15 is 0 Å². The first kappa shape index (κ1) is 19.4. The van der Waals surface area contributed by atoms with E-state index < -0.39 is 0 Å². The average molecular weight is 356 g/mol. The summed E-state index contributed by atoms with van der Waals surface area (Å²) < 4.78 is 5.65. The number of hydrogen-bond acceptors (Lipinski definition) is 5. The van der Waals surface area contributed by atoms with Crippen molar-refractivity contribution in [2.75, 3.05) is 19.7 Å². The molecule has 0 spiro atoms. The molecule has 1 aromatic carbocycles. The zero-order chi connectivity index (χ0) is 15.9. The summed E-state index contributed by atoms with van der Waals surface area (Å²) in [5.41, 5.74) is 8.24. The highest BCUT2D eigenvalue weighted by molar-refractivity contribution is 7.09. The smallest absolute Gasteiger partial charge is 0.270 e. The van der Waals surface area contributed by atoms with Gasteiger partial charge in [0.2, 0.25) is 0 Å². The second-order valence-electron chi connectivity index (χ2n) is 5.09. The van der Waals surface area contributed by atoms with Gasteiger partial charge in [0.15, 0.2) is 0 Å². The third-order valence-corrected chi connectivity index (χ3v) is 3.90. The summed E-state index contributed by atoms with van der Waals surface area (Å²) in [6, 6.07) is 6.05. The van der Waals surface area contributed by atoms with E-state index in [1.807, 2.05) is 26.0 Å². The van der Waals surface area contributed by atoms with Crippen molar-refractivity contribution in [3.63, 3.8) is 0 Å². The lowest BCUT2D eigenvalue weighted by atomic mass is 10.1. The van der Waals surface area contributed by atoms with E-state index in [4.69, 9.17) is 10.5 Å². The van der Waals surface area contributed by atoms with Crippen LogP contribution in [-0.4, -0.2) is 30.6 Å². The van der Waals surface area contributed by atoms with Gasteiger partial charge in [0.05, 0.1) is 11.6 Å². The summed E-state index contributed by atoms with van der Waals surface area (Å²) in [6.45, 7) is 5.47. The molecule has 0 bridgehead atoms. The van der Waals surface area contributed by atoms with Crippen molar-refractivity contribution in [1.82, 2.24) is 10.3 Å². The van der Waals surface area contributed by atoms with Crippen LogP contribution in [0.5, 0.6) is 5.75 Å². The topological polar surface area (TPSA) is 77.2 Å². The van der Waals surface area contributed by atoms with Crippen LogP contribution in [0.4, 0.5) is 0 Å². The molecule has 3 N–H and O–H groups in total. The molecular formula is C16H22ClN3O2S. The molecule has 7 heteroatoms. The van der Waals surface area contributed by atoms with Crippen LogP contribution in [0, 0.1) is 13.8 Å². The SMILES string of the molecule is Cc1cc(C)cc(OCCNC(=O)c2csc(CCN)n2)c1.Cl. The summed E-state index contributed by atoms with van der Waals surface area (Å²) in [6.07, 6.45) is 0.702.